The number of halogens is 3. The lowest BCUT2D eigenvalue weighted by molar-refractivity contribution is -0.141. The maximum absolute atomic E-state index is 12.4. The molecule has 0 fully saturated rings. The van der Waals surface area contributed by atoms with Gasteiger partial charge >= 0.3 is 6.18 Å². The lowest BCUT2D eigenvalue weighted by Crippen LogP contribution is -2.11. The Labute approximate surface area is 96.6 Å². The van der Waals surface area contributed by atoms with Gasteiger partial charge in [-0.25, -0.2) is 4.98 Å². The van der Waals surface area contributed by atoms with Crippen molar-refractivity contribution in [3.8, 4) is 0 Å². The number of carbonyl (C=O) groups excluding carboxylic acids is 1. The van der Waals surface area contributed by atoms with Gasteiger partial charge in [0.05, 0.1) is 5.69 Å². The topological polar surface area (TPSA) is 39.2 Å². The maximum atomic E-state index is 12.4. The molecule has 0 N–H and O–H groups in total. The molecule has 0 atom stereocenters. The highest BCUT2D eigenvalue weighted by atomic mass is 19.4. The molecule has 0 aliphatic rings. The van der Waals surface area contributed by atoms with Crippen LogP contribution in [0.2, 0.25) is 0 Å². The van der Waals surface area contributed by atoms with Crippen LogP contribution >= 0.6 is 0 Å². The van der Waals surface area contributed by atoms with Crippen molar-refractivity contribution in [1.29, 1.82) is 0 Å². The molecule has 3 nitrogen and oxygen atoms in total. The molecular formula is C11H12F3NO2. The summed E-state index contributed by atoms with van der Waals surface area (Å²) in [6.07, 6.45) is -3.18. The van der Waals surface area contributed by atoms with Gasteiger partial charge in [0.25, 0.3) is 0 Å². The number of ether oxygens (including phenoxy) is 1. The predicted octanol–water partition coefficient (Wildman–Crippen LogP) is 2.49. The van der Waals surface area contributed by atoms with E-state index in [1.165, 1.54) is 7.11 Å². The molecule has 0 unspecified atom stereocenters. The molecule has 0 amide bonds. The van der Waals surface area contributed by atoms with Gasteiger partial charge in [-0.15, -0.1) is 0 Å². The number of hydrogen-bond acceptors (Lipinski definition) is 3. The van der Waals surface area contributed by atoms with Crippen LogP contribution in [-0.4, -0.2) is 25.0 Å². The van der Waals surface area contributed by atoms with Crippen LogP contribution in [0.25, 0.3) is 0 Å². The monoisotopic (exact) mass is 247 g/mol. The Morgan fingerprint density at radius 3 is 2.65 bits per heavy atom. The van der Waals surface area contributed by atoms with Crippen LogP contribution in [0.15, 0.2) is 12.1 Å². The summed E-state index contributed by atoms with van der Waals surface area (Å²) in [5.41, 5.74) is -0.628. The van der Waals surface area contributed by atoms with Gasteiger partial charge in [-0.3, -0.25) is 4.79 Å². The highest BCUT2D eigenvalue weighted by molar-refractivity contribution is 5.76. The largest absolute Gasteiger partial charge is 0.433 e. The van der Waals surface area contributed by atoms with Crippen LogP contribution in [0.3, 0.4) is 0 Å². The van der Waals surface area contributed by atoms with Crippen LogP contribution in [-0.2, 0) is 17.3 Å². The van der Waals surface area contributed by atoms with Gasteiger partial charge in [-0.2, -0.15) is 13.2 Å². The first-order valence-corrected chi connectivity index (χ1v) is 5.00. The van der Waals surface area contributed by atoms with Gasteiger partial charge < -0.3 is 4.74 Å². The van der Waals surface area contributed by atoms with Crippen molar-refractivity contribution in [2.24, 2.45) is 0 Å². The summed E-state index contributed by atoms with van der Waals surface area (Å²) in [6.45, 7) is 0.413. The Balaban J connectivity index is 2.94. The van der Waals surface area contributed by atoms with Gasteiger partial charge in [0.1, 0.15) is 5.69 Å². The summed E-state index contributed by atoms with van der Waals surface area (Å²) in [4.78, 5) is 14.1. The molecule has 0 aliphatic carbocycles. The molecule has 0 bridgehead atoms. The van der Waals surface area contributed by atoms with Gasteiger partial charge in [0.2, 0.25) is 0 Å². The van der Waals surface area contributed by atoms with E-state index in [2.05, 4.69) is 4.98 Å². The van der Waals surface area contributed by atoms with E-state index in [1.807, 2.05) is 0 Å². The number of nitrogens with zero attached hydrogens (tertiary/aromatic N) is 1. The highest BCUT2D eigenvalue weighted by Crippen LogP contribution is 2.28. The summed E-state index contributed by atoms with van der Waals surface area (Å²) in [5.74, 6) is 0. The summed E-state index contributed by atoms with van der Waals surface area (Å²) in [7, 11) is 1.50. The summed E-state index contributed by atoms with van der Waals surface area (Å²) < 4.78 is 42.0. The zero-order chi connectivity index (χ0) is 12.9. The Hall–Kier alpha value is -1.43. The molecular weight excluding hydrogens is 235 g/mol. The second kappa shape index (κ2) is 5.77. The number of alkyl halides is 3. The standard InChI is InChI=1S/C11H12F3NO2/c1-17-6-2-3-9-8(7-16)4-5-10(15-9)11(12,13)14/h4-5,7H,2-3,6H2,1H3. The predicted molar refractivity (Wildman–Crippen MR) is 54.8 cm³/mol. The van der Waals surface area contributed by atoms with Crippen LogP contribution in [0, 0.1) is 0 Å². The third-order valence-corrected chi connectivity index (χ3v) is 2.19. The van der Waals surface area contributed by atoms with E-state index >= 15 is 0 Å². The number of carbonyl (C=O) groups is 1. The van der Waals surface area contributed by atoms with Crippen LogP contribution in [0.1, 0.15) is 28.2 Å². The highest BCUT2D eigenvalue weighted by Gasteiger charge is 2.32. The van der Waals surface area contributed by atoms with Crippen molar-refractivity contribution in [3.63, 3.8) is 0 Å². The van der Waals surface area contributed by atoms with Crippen molar-refractivity contribution in [2.45, 2.75) is 19.0 Å². The first-order valence-electron chi connectivity index (χ1n) is 5.00. The van der Waals surface area contributed by atoms with E-state index in [4.69, 9.17) is 4.74 Å². The van der Waals surface area contributed by atoms with E-state index in [0.29, 0.717) is 19.3 Å². The molecule has 0 radical (unpaired) electrons. The number of aromatic nitrogens is 1. The Morgan fingerprint density at radius 2 is 2.12 bits per heavy atom. The SMILES string of the molecule is COCCCc1nc(C(F)(F)F)ccc1C=O. The number of hydrogen-bond donors (Lipinski definition) is 0. The summed E-state index contributed by atoms with van der Waals surface area (Å²) >= 11 is 0. The van der Waals surface area contributed by atoms with Crippen molar-refractivity contribution < 1.29 is 22.7 Å². The normalized spacial score (nSPS) is 11.5. The smallest absolute Gasteiger partial charge is 0.385 e. The minimum Gasteiger partial charge on any atom is -0.385 e. The molecule has 0 spiro atoms. The lowest BCUT2D eigenvalue weighted by Gasteiger charge is -2.09. The zero-order valence-electron chi connectivity index (χ0n) is 9.25. The molecule has 0 saturated heterocycles. The molecule has 6 heteroatoms. The molecule has 0 saturated carbocycles. The van der Waals surface area contributed by atoms with Gasteiger partial charge in [-0.1, -0.05) is 0 Å². The van der Waals surface area contributed by atoms with Crippen LogP contribution in [0.5, 0.6) is 0 Å². The fourth-order valence-corrected chi connectivity index (χ4v) is 1.36. The fraction of sp³-hybridized carbons (Fsp3) is 0.455. The Bertz CT molecular complexity index is 391. The van der Waals surface area contributed by atoms with E-state index in [1.54, 1.807) is 0 Å². The summed E-state index contributed by atoms with van der Waals surface area (Å²) in [6, 6.07) is 1.95. The molecule has 17 heavy (non-hydrogen) atoms. The fourth-order valence-electron chi connectivity index (χ4n) is 1.36. The molecule has 0 aromatic carbocycles. The quantitative estimate of drug-likeness (QED) is 0.592. The lowest BCUT2D eigenvalue weighted by atomic mass is 10.1. The molecule has 1 aromatic heterocycles. The van der Waals surface area contributed by atoms with Crippen LogP contribution in [0.4, 0.5) is 13.2 Å². The minimum atomic E-state index is -4.49. The minimum absolute atomic E-state index is 0.159. The van der Waals surface area contributed by atoms with E-state index in [0.717, 1.165) is 12.1 Å². The second-order valence-corrected chi connectivity index (χ2v) is 3.44. The summed E-state index contributed by atoms with van der Waals surface area (Å²) in [5, 5.41) is 0. The number of aldehydes is 1. The van der Waals surface area contributed by atoms with E-state index in [9.17, 15) is 18.0 Å². The van der Waals surface area contributed by atoms with Gasteiger partial charge in [0.15, 0.2) is 6.29 Å². The Kier molecular flexibility index (Phi) is 4.62. The van der Waals surface area contributed by atoms with Crippen molar-refractivity contribution in [3.05, 3.63) is 29.1 Å². The Morgan fingerprint density at radius 1 is 1.41 bits per heavy atom. The molecule has 1 aromatic rings. The number of aryl methyl sites for hydroxylation is 1. The van der Waals surface area contributed by atoms with Crippen molar-refractivity contribution in [1.82, 2.24) is 4.98 Å². The number of rotatable bonds is 5. The molecule has 94 valence electrons. The first-order chi connectivity index (χ1) is 7.99. The van der Waals surface area contributed by atoms with Crippen molar-refractivity contribution >= 4 is 6.29 Å². The third-order valence-electron chi connectivity index (χ3n) is 2.19. The maximum Gasteiger partial charge on any atom is 0.433 e. The van der Waals surface area contributed by atoms with Crippen molar-refractivity contribution in [2.75, 3.05) is 13.7 Å². The van der Waals surface area contributed by atoms with Gasteiger partial charge in [0, 0.05) is 19.3 Å². The van der Waals surface area contributed by atoms with E-state index < -0.39 is 11.9 Å². The zero-order valence-corrected chi connectivity index (χ0v) is 9.25. The average molecular weight is 247 g/mol. The molecule has 1 rings (SSSR count). The molecule has 0 aliphatic heterocycles. The third kappa shape index (κ3) is 3.81. The second-order valence-electron chi connectivity index (χ2n) is 3.44. The first kappa shape index (κ1) is 13.6. The average Bonchev–Trinajstić information content (AvgIpc) is 2.28. The van der Waals surface area contributed by atoms with Crippen LogP contribution < -0.4 is 0 Å². The number of methoxy groups -OCH3 is 1. The van der Waals surface area contributed by atoms with Gasteiger partial charge in [-0.05, 0) is 25.0 Å². The molecule has 1 heterocycles. The van der Waals surface area contributed by atoms with E-state index in [-0.39, 0.29) is 17.7 Å². The number of pyridine rings is 1.